The molecule has 2 aromatic carbocycles. The van der Waals surface area contributed by atoms with E-state index in [0.29, 0.717) is 4.31 Å². The minimum Gasteiger partial charge on any atom is -0.465 e. The van der Waals surface area contributed by atoms with Gasteiger partial charge < -0.3 is 20.1 Å². The third-order valence-electron chi connectivity index (χ3n) is 7.25. The number of ether oxygens (including phenoxy) is 1. The smallest absolute Gasteiger partial charge is 0.407 e. The number of anilines is 2. The SMILES string of the molecule is Cc1c(F)c(N(Cc2ccc(C#N)cc2)[SH](=O)=O)c(F)c(F)c1Oc1ncccc1-c1ccnc(N[C@H]2C[C@H](F)CN(C(=O)O)C2)n1. The number of nitrogens with one attached hydrogen (secondary N) is 1. The summed E-state index contributed by atoms with van der Waals surface area (Å²) in [5.74, 6) is -6.08. The van der Waals surface area contributed by atoms with E-state index in [9.17, 15) is 22.7 Å². The molecule has 0 radical (unpaired) electrons. The second kappa shape index (κ2) is 13.9. The lowest BCUT2D eigenvalue weighted by molar-refractivity contribution is 0.102. The maximum Gasteiger partial charge on any atom is 0.407 e. The number of carboxylic acid groups (broad SMARTS) is 1. The van der Waals surface area contributed by atoms with Crippen LogP contribution in [0.1, 0.15) is 23.1 Å². The van der Waals surface area contributed by atoms with Gasteiger partial charge in [-0.3, -0.25) is 4.31 Å². The van der Waals surface area contributed by atoms with Crippen molar-refractivity contribution in [3.05, 3.63) is 89.0 Å². The van der Waals surface area contributed by atoms with E-state index in [0.717, 1.165) is 11.8 Å². The van der Waals surface area contributed by atoms with E-state index in [1.807, 2.05) is 6.07 Å². The van der Waals surface area contributed by atoms with Gasteiger partial charge in [-0.25, -0.2) is 41.3 Å². The van der Waals surface area contributed by atoms with Gasteiger partial charge in [-0.05, 0) is 42.8 Å². The molecule has 17 heteroatoms. The number of nitriles is 1. The largest absolute Gasteiger partial charge is 0.465 e. The molecule has 3 heterocycles. The number of likely N-dealkylation sites (tertiary alicyclic amines) is 1. The van der Waals surface area contributed by atoms with E-state index in [1.54, 1.807) is 0 Å². The summed E-state index contributed by atoms with van der Waals surface area (Å²) in [6.07, 6.45) is -0.0375. The Kier molecular flexibility index (Phi) is 9.70. The fourth-order valence-electron chi connectivity index (χ4n) is 4.99. The number of hydrogen-bond acceptors (Lipinski definition) is 9. The number of thiol groups is 1. The van der Waals surface area contributed by atoms with Crippen LogP contribution >= 0.6 is 0 Å². The molecule has 0 aliphatic carbocycles. The van der Waals surface area contributed by atoms with Gasteiger partial charge in [-0.1, -0.05) is 12.1 Å². The van der Waals surface area contributed by atoms with Crippen molar-refractivity contribution in [3.63, 3.8) is 0 Å². The van der Waals surface area contributed by atoms with Gasteiger partial charge in [-0.15, -0.1) is 0 Å². The molecule has 1 aliphatic rings. The normalized spacial score (nSPS) is 16.1. The molecule has 47 heavy (non-hydrogen) atoms. The van der Waals surface area contributed by atoms with Crippen LogP contribution in [0.3, 0.4) is 0 Å². The lowest BCUT2D eigenvalue weighted by atomic mass is 10.0. The van der Waals surface area contributed by atoms with E-state index in [4.69, 9.17) is 10.00 Å². The summed E-state index contributed by atoms with van der Waals surface area (Å²) in [5, 5.41) is 21.1. The highest BCUT2D eigenvalue weighted by molar-refractivity contribution is 7.74. The number of benzene rings is 2. The molecule has 2 aromatic heterocycles. The predicted molar refractivity (Wildman–Crippen MR) is 161 cm³/mol. The first-order valence-corrected chi connectivity index (χ1v) is 15.0. The van der Waals surface area contributed by atoms with Crippen LogP contribution in [0.15, 0.2) is 54.9 Å². The molecule has 1 amide bonds. The van der Waals surface area contributed by atoms with Crippen LogP contribution in [0.2, 0.25) is 0 Å². The average Bonchev–Trinajstić information content (AvgIpc) is 3.05. The average molecular weight is 672 g/mol. The molecular weight excluding hydrogens is 646 g/mol. The molecule has 4 aromatic rings. The monoisotopic (exact) mass is 671 g/mol. The molecule has 1 saturated heterocycles. The summed E-state index contributed by atoms with van der Waals surface area (Å²) in [6, 6.07) is 11.3. The Labute approximate surface area is 267 Å². The third-order valence-corrected chi connectivity index (χ3v) is 7.99. The summed E-state index contributed by atoms with van der Waals surface area (Å²) in [6.45, 7) is 0.259. The molecule has 5 rings (SSSR count). The minimum atomic E-state index is -3.65. The van der Waals surface area contributed by atoms with E-state index in [-0.39, 0.29) is 53.7 Å². The number of piperidine rings is 1. The Balaban J connectivity index is 1.44. The second-order valence-electron chi connectivity index (χ2n) is 10.4. The standard InChI is InChI=1S/C30H25F4N7O5S/c1-16-23(32)26(41(47(44)45)13-18-6-4-17(12-35)5-7-18)24(33)25(34)27(16)46-28-21(3-2-9-36-28)22-8-10-37-29(39-22)38-20-11-19(31)14-40(15-20)30(42)43/h2-10,19-20,47H,11,13-15H2,1H3,(H,42,43)(H,37,38,39)/t19-,20-/m0/s1. The summed E-state index contributed by atoms with van der Waals surface area (Å²) in [5.41, 5.74) is -0.832. The zero-order chi connectivity index (χ0) is 33.8. The van der Waals surface area contributed by atoms with Gasteiger partial charge in [0.1, 0.15) is 11.9 Å². The van der Waals surface area contributed by atoms with Gasteiger partial charge in [-0.2, -0.15) is 9.65 Å². The van der Waals surface area contributed by atoms with Gasteiger partial charge in [0.25, 0.3) is 0 Å². The Morgan fingerprint density at radius 2 is 1.85 bits per heavy atom. The highest BCUT2D eigenvalue weighted by Crippen LogP contribution is 2.40. The van der Waals surface area contributed by atoms with Crippen LogP contribution < -0.4 is 14.4 Å². The highest BCUT2D eigenvalue weighted by Gasteiger charge is 2.32. The number of carbonyl (C=O) groups is 1. The quantitative estimate of drug-likeness (QED) is 0.126. The van der Waals surface area contributed by atoms with Gasteiger partial charge in [0.2, 0.25) is 28.5 Å². The molecule has 12 nitrogen and oxygen atoms in total. The fourth-order valence-corrected chi connectivity index (χ4v) is 5.61. The zero-order valence-corrected chi connectivity index (χ0v) is 25.3. The molecule has 2 N–H and O–H groups in total. The zero-order valence-electron chi connectivity index (χ0n) is 24.4. The lowest BCUT2D eigenvalue weighted by Gasteiger charge is -2.33. The van der Waals surface area contributed by atoms with Crippen LogP contribution in [0.25, 0.3) is 11.3 Å². The van der Waals surface area contributed by atoms with Gasteiger partial charge in [0.05, 0.1) is 36.0 Å². The van der Waals surface area contributed by atoms with Crippen molar-refractivity contribution >= 4 is 28.6 Å². The van der Waals surface area contributed by atoms with E-state index in [1.165, 1.54) is 54.9 Å². The first-order chi connectivity index (χ1) is 22.5. The molecule has 0 unspecified atom stereocenters. The number of halogens is 4. The minimum absolute atomic E-state index is 0.00972. The van der Waals surface area contributed by atoms with Crippen molar-refractivity contribution in [1.82, 2.24) is 19.9 Å². The van der Waals surface area contributed by atoms with Gasteiger partial charge >= 0.3 is 6.09 Å². The summed E-state index contributed by atoms with van der Waals surface area (Å²) >= 11 is 0. The van der Waals surface area contributed by atoms with Crippen LogP contribution in [0, 0.1) is 35.7 Å². The highest BCUT2D eigenvalue weighted by atomic mass is 32.2. The first kappa shape index (κ1) is 32.9. The maximum atomic E-state index is 15.7. The van der Waals surface area contributed by atoms with Gasteiger partial charge in [0.15, 0.2) is 17.4 Å². The Morgan fingerprint density at radius 1 is 1.11 bits per heavy atom. The van der Waals surface area contributed by atoms with Crippen LogP contribution in [0.4, 0.5) is 34.0 Å². The Bertz CT molecular complexity index is 1900. The lowest BCUT2D eigenvalue weighted by Crippen LogP contribution is -2.49. The van der Waals surface area contributed by atoms with Crippen molar-refractivity contribution in [2.24, 2.45) is 0 Å². The molecule has 0 saturated carbocycles. The van der Waals surface area contributed by atoms with Gasteiger partial charge in [0, 0.05) is 37.0 Å². The summed E-state index contributed by atoms with van der Waals surface area (Å²) < 4.78 is 91.0. The molecule has 2 atom stereocenters. The summed E-state index contributed by atoms with van der Waals surface area (Å²) in [4.78, 5) is 24.8. The Morgan fingerprint density at radius 3 is 2.53 bits per heavy atom. The molecule has 0 spiro atoms. The maximum absolute atomic E-state index is 15.7. The number of rotatable bonds is 9. The number of nitrogens with zero attached hydrogens (tertiary/aromatic N) is 6. The third kappa shape index (κ3) is 7.17. The number of alkyl halides is 1. The Hall–Kier alpha value is -5.50. The number of pyridine rings is 1. The molecule has 244 valence electrons. The molecule has 0 bridgehead atoms. The second-order valence-corrected chi connectivity index (χ2v) is 11.4. The van der Waals surface area contributed by atoms with Crippen LogP contribution in [-0.4, -0.2) is 64.8 Å². The summed E-state index contributed by atoms with van der Waals surface area (Å²) in [7, 11) is -3.65. The van der Waals surface area contributed by atoms with Crippen molar-refractivity contribution in [1.29, 1.82) is 5.26 Å². The molecule has 1 aliphatic heterocycles. The van der Waals surface area contributed by atoms with Crippen LogP contribution in [0.5, 0.6) is 11.6 Å². The topological polar surface area (TPSA) is 162 Å². The fraction of sp³-hybridized carbons (Fsp3) is 0.233. The predicted octanol–water partition coefficient (Wildman–Crippen LogP) is 4.96. The molecular formula is C30H25F4N7O5S. The number of aromatic nitrogens is 3. The van der Waals surface area contributed by atoms with E-state index >= 15 is 13.2 Å². The van der Waals surface area contributed by atoms with Crippen molar-refractivity contribution in [3.8, 4) is 29.0 Å². The van der Waals surface area contributed by atoms with Crippen molar-refractivity contribution < 1.29 is 40.6 Å². The molecule has 1 fully saturated rings. The van der Waals surface area contributed by atoms with Crippen molar-refractivity contribution in [2.45, 2.75) is 32.1 Å². The first-order valence-electron chi connectivity index (χ1n) is 13.9. The number of hydrogen-bond donors (Lipinski definition) is 3. The number of amides is 1. The van der Waals surface area contributed by atoms with E-state index in [2.05, 4.69) is 20.3 Å². The van der Waals surface area contributed by atoms with Crippen LogP contribution in [-0.2, 0) is 17.4 Å². The van der Waals surface area contributed by atoms with E-state index < -0.39 is 70.2 Å². The van der Waals surface area contributed by atoms with Crippen molar-refractivity contribution in [2.75, 3.05) is 22.7 Å².